The number of para-hydroxylation sites is 2. The van der Waals surface area contributed by atoms with Gasteiger partial charge in [-0.2, -0.15) is 0 Å². The number of hydrogen-bond donors (Lipinski definition) is 0. The number of morpholine rings is 2. The average molecular weight is 937 g/mol. The fourth-order valence-corrected chi connectivity index (χ4v) is 8.24. The molecule has 12 heteroatoms. The first-order valence-electron chi connectivity index (χ1n) is 26.3. The summed E-state index contributed by atoms with van der Waals surface area (Å²) in [5.41, 5.74) is -0.0652. The van der Waals surface area contributed by atoms with Gasteiger partial charge >= 0.3 is 0 Å². The van der Waals surface area contributed by atoms with Gasteiger partial charge in [0.1, 0.15) is 12.7 Å². The van der Waals surface area contributed by atoms with Crippen LogP contribution in [0.2, 0.25) is 0 Å². The molecular weight excluding hydrogens is 837 g/mol. The number of hydrogen-bond acceptors (Lipinski definition) is 12. The summed E-state index contributed by atoms with van der Waals surface area (Å²) in [6, 6.07) is 7.83. The molecule has 1 aromatic carbocycles. The van der Waals surface area contributed by atoms with E-state index in [1.165, 1.54) is 64.2 Å². The van der Waals surface area contributed by atoms with Crippen molar-refractivity contribution in [3.8, 4) is 11.5 Å². The quantitative estimate of drug-likeness (QED) is 0.166. The molecule has 0 aliphatic carbocycles. The van der Waals surface area contributed by atoms with Crippen LogP contribution in [-0.4, -0.2) is 152 Å². The molecule has 6 aliphatic rings. The van der Waals surface area contributed by atoms with E-state index in [1.807, 2.05) is 24.3 Å². The Kier molecular flexibility index (Phi) is 34.3. The summed E-state index contributed by atoms with van der Waals surface area (Å²) >= 11 is 0. The van der Waals surface area contributed by atoms with Crippen LogP contribution in [0.15, 0.2) is 36.7 Å². The van der Waals surface area contributed by atoms with Crippen LogP contribution in [0.1, 0.15) is 158 Å². The van der Waals surface area contributed by atoms with Crippen molar-refractivity contribution in [1.82, 2.24) is 9.80 Å². The summed E-state index contributed by atoms with van der Waals surface area (Å²) in [5.74, 6) is 2.51. The Labute approximate surface area is 404 Å². The predicted octanol–water partition coefficient (Wildman–Crippen LogP) is 11.3. The van der Waals surface area contributed by atoms with Gasteiger partial charge in [0.15, 0.2) is 17.4 Å². The van der Waals surface area contributed by atoms with Gasteiger partial charge in [-0.3, -0.25) is 0 Å². The zero-order valence-corrected chi connectivity index (χ0v) is 44.0. The molecular formula is C54H100N2O10. The highest BCUT2D eigenvalue weighted by Crippen LogP contribution is 2.31. The number of rotatable bonds is 14. The van der Waals surface area contributed by atoms with Crippen molar-refractivity contribution in [3.05, 3.63) is 36.7 Å². The van der Waals surface area contributed by atoms with Gasteiger partial charge in [-0.25, -0.2) is 0 Å². The molecule has 0 saturated carbocycles. The van der Waals surface area contributed by atoms with E-state index in [0.29, 0.717) is 37.1 Å². The molecule has 0 N–H and O–H groups in total. The first kappa shape index (κ1) is 60.0. The van der Waals surface area contributed by atoms with Crippen molar-refractivity contribution in [1.29, 1.82) is 0 Å². The third-order valence-electron chi connectivity index (χ3n) is 12.0. The van der Waals surface area contributed by atoms with Gasteiger partial charge in [0.2, 0.25) is 0 Å². The standard InChI is InChI=1S/C11H14O2.C10H19NO2.C9H18O2.C9H18O.C8H17NO.C7H14O2/c1-2-5-9-8-12-10-6-3-4-7-11(10)13-9;1-4-5-10-8-11(6-7-13-10)9(2)12-3;1-4-5-8-6-11-9(2,3)7-10-8;1-2-6-9-7-4-3-5-8-10-9;1-3-4-8-7-9(2)5-6-10-8;1-2-3-7-6-8-4-5-9-7/h3-4,6-7,9H,2,5,8H2,1H3;10H,2,4-8H2,1,3H3;8H,4-7H2,1-3H3;9H,2-8H2,1H3;8H,3-7H2,1-2H3;7H,2-6H2,1H3. The molecule has 0 radical (unpaired) electrons. The highest BCUT2D eigenvalue weighted by atomic mass is 16.6. The Hall–Kier alpha value is -2.16. The van der Waals surface area contributed by atoms with E-state index in [2.05, 4.69) is 78.8 Å². The lowest BCUT2D eigenvalue weighted by atomic mass is 10.1. The van der Waals surface area contributed by atoms with Crippen LogP contribution in [0.3, 0.4) is 0 Å². The largest absolute Gasteiger partial charge is 0.486 e. The van der Waals surface area contributed by atoms with Gasteiger partial charge in [0.05, 0.1) is 89.5 Å². The Balaban J connectivity index is 0.000000273. The second kappa shape index (κ2) is 37.7. The minimum Gasteiger partial charge on any atom is -0.486 e. The topological polar surface area (TPSA) is 98.8 Å². The summed E-state index contributed by atoms with van der Waals surface area (Å²) in [6.45, 7) is 32.4. The Bertz CT molecular complexity index is 1270. The van der Waals surface area contributed by atoms with Crippen molar-refractivity contribution in [2.75, 3.05) is 99.8 Å². The van der Waals surface area contributed by atoms with E-state index in [-0.39, 0.29) is 11.7 Å². The molecule has 0 aromatic heterocycles. The maximum Gasteiger partial charge on any atom is 0.181 e. The van der Waals surface area contributed by atoms with Gasteiger partial charge in [-0.05, 0) is 91.0 Å². The van der Waals surface area contributed by atoms with Crippen molar-refractivity contribution in [2.24, 2.45) is 0 Å². The van der Waals surface area contributed by atoms with Crippen molar-refractivity contribution >= 4 is 0 Å². The number of methoxy groups -OCH3 is 1. The number of ether oxygens (including phenoxy) is 10. The molecule has 0 bridgehead atoms. The molecule has 6 atom stereocenters. The second-order valence-electron chi connectivity index (χ2n) is 18.9. The van der Waals surface area contributed by atoms with Crippen LogP contribution in [0.5, 0.6) is 11.5 Å². The first-order chi connectivity index (χ1) is 32.0. The van der Waals surface area contributed by atoms with E-state index in [9.17, 15) is 0 Å². The Morgan fingerprint density at radius 1 is 0.606 bits per heavy atom. The fraction of sp³-hybridized carbons (Fsp3) is 0.852. The minimum atomic E-state index is -0.0652. The third-order valence-corrected chi connectivity index (χ3v) is 12.0. The zero-order valence-electron chi connectivity index (χ0n) is 44.0. The van der Waals surface area contributed by atoms with E-state index >= 15 is 0 Å². The summed E-state index contributed by atoms with van der Waals surface area (Å²) in [5, 5.41) is 0. The van der Waals surface area contributed by atoms with Crippen LogP contribution in [-0.2, 0) is 37.9 Å². The predicted molar refractivity (Wildman–Crippen MR) is 269 cm³/mol. The average Bonchev–Trinajstić information content (AvgIpc) is 3.60. The van der Waals surface area contributed by atoms with E-state index < -0.39 is 0 Å². The van der Waals surface area contributed by atoms with Crippen molar-refractivity contribution in [3.63, 3.8) is 0 Å². The molecule has 0 amide bonds. The Morgan fingerprint density at radius 3 is 1.76 bits per heavy atom. The SMILES string of the molecule is C=C(OC)N1CCOC(CCC)C1.CCCC1CCCCCO1.CCCC1CN(C)CCO1.CCCC1COC(C)(C)CO1.CCCC1COCCO1.CCCC1COc2ccccc2O1. The van der Waals surface area contributed by atoms with E-state index in [0.717, 1.165) is 135 Å². The number of likely N-dealkylation sites (N-methyl/N-ethyl adjacent to an activating group) is 1. The van der Waals surface area contributed by atoms with Gasteiger partial charge < -0.3 is 57.2 Å². The first-order valence-corrected chi connectivity index (χ1v) is 26.3. The summed E-state index contributed by atoms with van der Waals surface area (Å²) < 4.78 is 55.0. The molecule has 5 saturated heterocycles. The smallest absolute Gasteiger partial charge is 0.181 e. The molecule has 7 rings (SSSR count). The van der Waals surface area contributed by atoms with E-state index in [1.54, 1.807) is 7.11 Å². The maximum absolute atomic E-state index is 5.75. The van der Waals surface area contributed by atoms with Crippen molar-refractivity contribution in [2.45, 2.75) is 200 Å². The fourth-order valence-electron chi connectivity index (χ4n) is 8.24. The monoisotopic (exact) mass is 937 g/mol. The number of nitrogens with zero attached hydrogens (tertiary/aromatic N) is 2. The molecule has 66 heavy (non-hydrogen) atoms. The molecule has 5 fully saturated rings. The van der Waals surface area contributed by atoms with Gasteiger partial charge in [0, 0.05) is 32.8 Å². The van der Waals surface area contributed by atoms with Gasteiger partial charge in [-0.15, -0.1) is 0 Å². The van der Waals surface area contributed by atoms with Crippen LogP contribution >= 0.6 is 0 Å². The molecule has 6 heterocycles. The Morgan fingerprint density at radius 2 is 1.17 bits per heavy atom. The molecule has 6 aliphatic heterocycles. The maximum atomic E-state index is 5.75. The lowest BCUT2D eigenvalue weighted by Gasteiger charge is -2.34. The van der Waals surface area contributed by atoms with Gasteiger partial charge in [-0.1, -0.05) is 105 Å². The van der Waals surface area contributed by atoms with Crippen LogP contribution in [0.4, 0.5) is 0 Å². The minimum absolute atomic E-state index is 0.0652. The lowest BCUT2D eigenvalue weighted by molar-refractivity contribution is -0.175. The molecule has 0 spiro atoms. The third kappa shape index (κ3) is 27.7. The summed E-state index contributed by atoms with van der Waals surface area (Å²) in [6.07, 6.45) is 21.8. The summed E-state index contributed by atoms with van der Waals surface area (Å²) in [4.78, 5) is 4.48. The van der Waals surface area contributed by atoms with Crippen molar-refractivity contribution < 1.29 is 47.4 Å². The number of fused-ring (bicyclic) bond motifs is 1. The molecule has 386 valence electrons. The van der Waals surface area contributed by atoms with E-state index in [4.69, 9.17) is 47.4 Å². The number of benzene rings is 1. The highest BCUT2D eigenvalue weighted by molar-refractivity contribution is 5.40. The zero-order chi connectivity index (χ0) is 48.3. The summed E-state index contributed by atoms with van der Waals surface area (Å²) in [7, 11) is 3.82. The van der Waals surface area contributed by atoms with Crippen LogP contribution < -0.4 is 9.47 Å². The second-order valence-corrected chi connectivity index (χ2v) is 18.9. The highest BCUT2D eigenvalue weighted by Gasteiger charge is 2.27. The van der Waals surface area contributed by atoms with Crippen LogP contribution in [0.25, 0.3) is 0 Å². The van der Waals surface area contributed by atoms with Gasteiger partial charge in [0.25, 0.3) is 0 Å². The molecule has 6 unspecified atom stereocenters. The lowest BCUT2D eigenvalue weighted by Crippen LogP contribution is -2.42. The molecule has 1 aromatic rings. The molecule has 12 nitrogen and oxygen atoms in total. The normalized spacial score (nSPS) is 25.9. The van der Waals surface area contributed by atoms with Crippen LogP contribution in [0, 0.1) is 0 Å².